The Morgan fingerprint density at radius 1 is 1.16 bits per heavy atom. The molecule has 8 heteroatoms. The number of rotatable bonds is 8. The van der Waals surface area contributed by atoms with Gasteiger partial charge in [-0.3, -0.25) is 0 Å². The molecule has 8 nitrogen and oxygen atoms in total. The average Bonchev–Trinajstić information content (AvgIpc) is 3.14. The van der Waals surface area contributed by atoms with E-state index in [0.29, 0.717) is 23.7 Å². The predicted octanol–water partition coefficient (Wildman–Crippen LogP) is 4.27. The van der Waals surface area contributed by atoms with Crippen LogP contribution in [0.4, 0.5) is 11.5 Å². The molecule has 0 bridgehead atoms. The third-order valence-corrected chi connectivity index (χ3v) is 5.46. The summed E-state index contributed by atoms with van der Waals surface area (Å²) < 4.78 is 7.73. The number of anilines is 2. The third kappa shape index (κ3) is 4.07. The lowest BCUT2D eigenvalue weighted by atomic mass is 10.1. The normalized spacial score (nSPS) is 10.8. The largest absolute Gasteiger partial charge is 0.496 e. The third-order valence-electron chi connectivity index (χ3n) is 5.46. The fraction of sp³-hybridized carbons (Fsp3) is 0.208. The fourth-order valence-electron chi connectivity index (χ4n) is 3.87. The molecule has 164 valence electrons. The highest BCUT2D eigenvalue weighted by atomic mass is 16.5. The van der Waals surface area contributed by atoms with Crippen molar-refractivity contribution in [2.45, 2.75) is 13.5 Å². The van der Waals surface area contributed by atoms with Gasteiger partial charge in [0.2, 0.25) is 0 Å². The lowest BCUT2D eigenvalue weighted by molar-refractivity contribution is 0.0698. The van der Waals surface area contributed by atoms with Crippen molar-refractivity contribution in [3.05, 3.63) is 66.1 Å². The maximum atomic E-state index is 11.4. The average molecular weight is 431 g/mol. The molecule has 0 radical (unpaired) electrons. The number of carbonyl (C=O) groups is 1. The Hall–Kier alpha value is -4.07. The summed E-state index contributed by atoms with van der Waals surface area (Å²) in [4.78, 5) is 20.0. The molecule has 0 aliphatic rings. The van der Waals surface area contributed by atoms with Gasteiger partial charge in [0.25, 0.3) is 0 Å². The molecule has 0 saturated carbocycles. The van der Waals surface area contributed by atoms with Crippen LogP contribution in [0.5, 0.6) is 5.75 Å². The molecule has 0 aliphatic carbocycles. The van der Waals surface area contributed by atoms with Crippen molar-refractivity contribution < 1.29 is 14.6 Å². The zero-order valence-corrected chi connectivity index (χ0v) is 18.2. The van der Waals surface area contributed by atoms with Crippen molar-refractivity contribution in [1.82, 2.24) is 14.5 Å². The SMILES string of the molecule is CNc1cc(-c2cc(NCCn3c(C)cc4c(OC)cccc43)ncn2)ccc1C(=O)O. The number of benzene rings is 2. The van der Waals surface area contributed by atoms with Crippen LogP contribution in [-0.2, 0) is 6.54 Å². The van der Waals surface area contributed by atoms with Gasteiger partial charge in [-0.25, -0.2) is 14.8 Å². The van der Waals surface area contributed by atoms with Gasteiger partial charge in [-0.05, 0) is 37.3 Å². The van der Waals surface area contributed by atoms with E-state index in [1.807, 2.05) is 18.2 Å². The lowest BCUT2D eigenvalue weighted by Crippen LogP contribution is -2.12. The number of ether oxygens (including phenoxy) is 1. The molecule has 0 aliphatic heterocycles. The minimum Gasteiger partial charge on any atom is -0.496 e. The molecule has 4 aromatic rings. The quantitative estimate of drug-likeness (QED) is 0.383. The standard InChI is InChI=1S/C24H25N5O3/c1-15-11-18-21(5-4-6-22(18)32-3)29(15)10-9-26-23-13-19(27-14-28-23)16-7-8-17(24(30)31)20(12-16)25-2/h4-8,11-14,25H,9-10H2,1-3H3,(H,30,31)(H,26,27,28). The van der Waals surface area contributed by atoms with E-state index in [1.165, 1.54) is 6.33 Å². The Bertz CT molecular complexity index is 1280. The van der Waals surface area contributed by atoms with Crippen LogP contribution in [0.15, 0.2) is 54.9 Å². The summed E-state index contributed by atoms with van der Waals surface area (Å²) in [6.45, 7) is 3.53. The minimum atomic E-state index is -0.976. The van der Waals surface area contributed by atoms with Gasteiger partial charge in [0.15, 0.2) is 0 Å². The summed E-state index contributed by atoms with van der Waals surface area (Å²) in [5.74, 6) is 0.596. The number of methoxy groups -OCH3 is 1. The second-order valence-corrected chi connectivity index (χ2v) is 7.36. The number of aromatic carboxylic acids is 1. The number of aryl methyl sites for hydroxylation is 1. The molecule has 32 heavy (non-hydrogen) atoms. The van der Waals surface area contributed by atoms with Crippen LogP contribution >= 0.6 is 0 Å². The van der Waals surface area contributed by atoms with Crippen molar-refractivity contribution >= 4 is 28.4 Å². The van der Waals surface area contributed by atoms with E-state index in [4.69, 9.17) is 4.74 Å². The van der Waals surface area contributed by atoms with E-state index in [0.717, 1.165) is 34.5 Å². The van der Waals surface area contributed by atoms with Crippen molar-refractivity contribution in [3.63, 3.8) is 0 Å². The summed E-state index contributed by atoms with van der Waals surface area (Å²) in [5.41, 5.74) is 4.56. The molecular weight excluding hydrogens is 406 g/mol. The van der Waals surface area contributed by atoms with E-state index in [2.05, 4.69) is 44.2 Å². The van der Waals surface area contributed by atoms with Crippen LogP contribution in [0.1, 0.15) is 16.1 Å². The second kappa shape index (κ2) is 8.97. The Kier molecular flexibility index (Phi) is 5.93. The lowest BCUT2D eigenvalue weighted by Gasteiger charge is -2.12. The van der Waals surface area contributed by atoms with Gasteiger partial charge in [0.1, 0.15) is 17.9 Å². The number of hydrogen-bond acceptors (Lipinski definition) is 6. The van der Waals surface area contributed by atoms with Crippen molar-refractivity contribution in [2.24, 2.45) is 0 Å². The number of carboxylic acids is 1. The summed E-state index contributed by atoms with van der Waals surface area (Å²) in [5, 5.41) is 16.7. The second-order valence-electron chi connectivity index (χ2n) is 7.36. The summed E-state index contributed by atoms with van der Waals surface area (Å²) >= 11 is 0. The zero-order chi connectivity index (χ0) is 22.7. The molecule has 0 fully saturated rings. The molecule has 4 rings (SSSR count). The van der Waals surface area contributed by atoms with E-state index in [-0.39, 0.29) is 5.56 Å². The van der Waals surface area contributed by atoms with Crippen molar-refractivity contribution in [3.8, 4) is 17.0 Å². The maximum Gasteiger partial charge on any atom is 0.337 e. The molecule has 0 amide bonds. The number of carboxylic acid groups (broad SMARTS) is 1. The first-order chi connectivity index (χ1) is 15.5. The highest BCUT2D eigenvalue weighted by molar-refractivity contribution is 5.95. The van der Waals surface area contributed by atoms with Crippen molar-refractivity contribution in [1.29, 1.82) is 0 Å². The van der Waals surface area contributed by atoms with Gasteiger partial charge in [-0.2, -0.15) is 0 Å². The number of nitrogens with zero attached hydrogens (tertiary/aromatic N) is 3. The highest BCUT2D eigenvalue weighted by Crippen LogP contribution is 2.29. The summed E-state index contributed by atoms with van der Waals surface area (Å²) in [6.07, 6.45) is 1.50. The van der Waals surface area contributed by atoms with Gasteiger partial charge < -0.3 is 25.0 Å². The van der Waals surface area contributed by atoms with Crippen molar-refractivity contribution in [2.75, 3.05) is 31.3 Å². The number of hydrogen-bond donors (Lipinski definition) is 3. The van der Waals surface area contributed by atoms with E-state index in [1.54, 1.807) is 32.4 Å². The number of fused-ring (bicyclic) bond motifs is 1. The molecule has 2 aromatic heterocycles. The van der Waals surface area contributed by atoms with Crippen LogP contribution < -0.4 is 15.4 Å². The topological polar surface area (TPSA) is 101 Å². The Morgan fingerprint density at radius 2 is 2.00 bits per heavy atom. The van der Waals surface area contributed by atoms with Gasteiger partial charge in [0.05, 0.1) is 23.9 Å². The Morgan fingerprint density at radius 3 is 2.75 bits per heavy atom. The Labute approximate surface area is 185 Å². The van der Waals surface area contributed by atoms with Crippen LogP contribution in [0, 0.1) is 6.92 Å². The van der Waals surface area contributed by atoms with Gasteiger partial charge in [0, 0.05) is 48.5 Å². The Balaban J connectivity index is 1.51. The molecule has 2 aromatic carbocycles. The van der Waals surface area contributed by atoms with Crippen LogP contribution in [-0.4, -0.2) is 46.3 Å². The van der Waals surface area contributed by atoms with Gasteiger partial charge in [-0.1, -0.05) is 12.1 Å². The van der Waals surface area contributed by atoms with Crippen LogP contribution in [0.3, 0.4) is 0 Å². The number of nitrogens with one attached hydrogen (secondary N) is 2. The monoisotopic (exact) mass is 431 g/mol. The van der Waals surface area contributed by atoms with Crippen LogP contribution in [0.2, 0.25) is 0 Å². The first kappa shape index (κ1) is 21.2. The molecule has 0 spiro atoms. The fourth-order valence-corrected chi connectivity index (χ4v) is 3.87. The molecule has 0 saturated heterocycles. The molecule has 0 unspecified atom stereocenters. The van der Waals surface area contributed by atoms with E-state index < -0.39 is 5.97 Å². The smallest absolute Gasteiger partial charge is 0.337 e. The molecule has 3 N–H and O–H groups in total. The van der Waals surface area contributed by atoms with Crippen LogP contribution in [0.25, 0.3) is 22.2 Å². The first-order valence-corrected chi connectivity index (χ1v) is 10.3. The van der Waals surface area contributed by atoms with E-state index >= 15 is 0 Å². The van der Waals surface area contributed by atoms with Gasteiger partial charge >= 0.3 is 5.97 Å². The van der Waals surface area contributed by atoms with Gasteiger partial charge in [-0.15, -0.1) is 0 Å². The zero-order valence-electron chi connectivity index (χ0n) is 18.2. The maximum absolute atomic E-state index is 11.4. The summed E-state index contributed by atoms with van der Waals surface area (Å²) in [6, 6.07) is 15.2. The highest BCUT2D eigenvalue weighted by Gasteiger charge is 2.12. The molecule has 2 heterocycles. The summed E-state index contributed by atoms with van der Waals surface area (Å²) in [7, 11) is 3.38. The minimum absolute atomic E-state index is 0.217. The van der Waals surface area contributed by atoms with E-state index in [9.17, 15) is 9.90 Å². The number of aromatic nitrogens is 3. The first-order valence-electron chi connectivity index (χ1n) is 10.3. The predicted molar refractivity (Wildman–Crippen MR) is 126 cm³/mol. The molecule has 0 atom stereocenters. The molecular formula is C24H25N5O3.